The van der Waals surface area contributed by atoms with E-state index in [0.717, 1.165) is 0 Å². The van der Waals surface area contributed by atoms with Crippen LogP contribution in [0, 0.1) is 5.92 Å². The fourth-order valence-electron chi connectivity index (χ4n) is 1.54. The molecule has 88 valence electrons. The molecule has 0 bridgehead atoms. The summed E-state index contributed by atoms with van der Waals surface area (Å²) in [5.41, 5.74) is -0.768. The molecule has 1 aliphatic heterocycles. The minimum Gasteiger partial charge on any atom is -0.469 e. The van der Waals surface area contributed by atoms with E-state index in [9.17, 15) is 9.90 Å². The summed E-state index contributed by atoms with van der Waals surface area (Å²) in [5.74, 6) is -0.432. The fourth-order valence-corrected chi connectivity index (χ4v) is 1.54. The molecule has 0 spiro atoms. The van der Waals surface area contributed by atoms with Crippen molar-refractivity contribution in [3.05, 3.63) is 0 Å². The summed E-state index contributed by atoms with van der Waals surface area (Å²) in [6.07, 6.45) is 0.645. The van der Waals surface area contributed by atoms with E-state index in [1.165, 1.54) is 7.11 Å². The Morgan fingerprint density at radius 2 is 2.47 bits per heavy atom. The zero-order valence-corrected chi connectivity index (χ0v) is 9.28. The van der Waals surface area contributed by atoms with E-state index in [1.807, 2.05) is 0 Å². The predicted molar refractivity (Wildman–Crippen MR) is 54.4 cm³/mol. The first-order valence-corrected chi connectivity index (χ1v) is 5.16. The summed E-state index contributed by atoms with van der Waals surface area (Å²) >= 11 is 0. The van der Waals surface area contributed by atoms with Crippen molar-refractivity contribution in [1.82, 2.24) is 5.32 Å². The maximum atomic E-state index is 11.1. The van der Waals surface area contributed by atoms with E-state index in [2.05, 4.69) is 10.1 Å². The fraction of sp³-hybridized carbons (Fsp3) is 0.900. The van der Waals surface area contributed by atoms with Gasteiger partial charge >= 0.3 is 5.97 Å². The second-order valence-electron chi connectivity index (χ2n) is 4.08. The zero-order valence-electron chi connectivity index (χ0n) is 9.28. The van der Waals surface area contributed by atoms with E-state index in [-0.39, 0.29) is 11.9 Å². The highest BCUT2D eigenvalue weighted by Crippen LogP contribution is 2.16. The minimum atomic E-state index is -0.768. The molecule has 0 radical (unpaired) electrons. The highest BCUT2D eigenvalue weighted by Gasteiger charge is 2.31. The molecule has 5 heteroatoms. The average molecular weight is 217 g/mol. The molecule has 2 unspecified atom stereocenters. The van der Waals surface area contributed by atoms with Gasteiger partial charge in [0.05, 0.1) is 19.6 Å². The Kier molecular flexibility index (Phi) is 4.50. The highest BCUT2D eigenvalue weighted by molar-refractivity contribution is 5.71. The number of hydrogen-bond donors (Lipinski definition) is 2. The summed E-state index contributed by atoms with van der Waals surface area (Å²) < 4.78 is 9.70. The smallest absolute Gasteiger partial charge is 0.309 e. The standard InChI is InChI=1S/C10H19NO4/c1-8(9(12)14-2)5-11-6-10(13)3-4-15-7-10/h8,11,13H,3-7H2,1-2H3. The van der Waals surface area contributed by atoms with Crippen molar-refractivity contribution in [3.8, 4) is 0 Å². The number of esters is 1. The van der Waals surface area contributed by atoms with Crippen LogP contribution in [0.5, 0.6) is 0 Å². The van der Waals surface area contributed by atoms with Gasteiger partial charge in [0, 0.05) is 26.1 Å². The third-order valence-corrected chi connectivity index (χ3v) is 2.59. The van der Waals surface area contributed by atoms with Gasteiger partial charge in [-0.05, 0) is 0 Å². The van der Waals surface area contributed by atoms with Gasteiger partial charge in [0.2, 0.25) is 0 Å². The monoisotopic (exact) mass is 217 g/mol. The van der Waals surface area contributed by atoms with Gasteiger partial charge in [-0.2, -0.15) is 0 Å². The number of rotatable bonds is 5. The van der Waals surface area contributed by atoms with Crippen molar-refractivity contribution in [2.24, 2.45) is 5.92 Å². The third kappa shape index (κ3) is 3.77. The molecule has 2 N–H and O–H groups in total. The molecule has 1 saturated heterocycles. The molecular weight excluding hydrogens is 198 g/mol. The molecule has 0 aliphatic carbocycles. The average Bonchev–Trinajstić information content (AvgIpc) is 2.64. The normalized spacial score (nSPS) is 27.7. The second-order valence-corrected chi connectivity index (χ2v) is 4.08. The molecule has 0 aromatic rings. The Morgan fingerprint density at radius 1 is 1.73 bits per heavy atom. The summed E-state index contributed by atoms with van der Waals surface area (Å²) in [7, 11) is 1.37. The van der Waals surface area contributed by atoms with Crippen molar-refractivity contribution < 1.29 is 19.4 Å². The number of ether oxygens (including phenoxy) is 2. The number of nitrogens with one attached hydrogen (secondary N) is 1. The molecule has 0 amide bonds. The molecule has 1 rings (SSSR count). The lowest BCUT2D eigenvalue weighted by molar-refractivity contribution is -0.144. The van der Waals surface area contributed by atoms with Crippen molar-refractivity contribution in [2.45, 2.75) is 18.9 Å². The lowest BCUT2D eigenvalue weighted by atomic mass is 10.0. The number of carbonyl (C=O) groups excluding carboxylic acids is 1. The van der Waals surface area contributed by atoms with Gasteiger partial charge < -0.3 is 19.9 Å². The SMILES string of the molecule is COC(=O)C(C)CNCC1(O)CCOC1. The molecule has 0 aromatic carbocycles. The third-order valence-electron chi connectivity index (χ3n) is 2.59. The number of hydrogen-bond acceptors (Lipinski definition) is 5. The zero-order chi connectivity index (χ0) is 11.3. The van der Waals surface area contributed by atoms with Crippen LogP contribution in [-0.2, 0) is 14.3 Å². The Balaban J connectivity index is 2.18. The Morgan fingerprint density at radius 3 is 3.00 bits per heavy atom. The van der Waals surface area contributed by atoms with Crippen LogP contribution in [0.2, 0.25) is 0 Å². The van der Waals surface area contributed by atoms with Gasteiger partial charge in [0.25, 0.3) is 0 Å². The van der Waals surface area contributed by atoms with Crippen molar-refractivity contribution in [3.63, 3.8) is 0 Å². The lowest BCUT2D eigenvalue weighted by Gasteiger charge is -2.21. The van der Waals surface area contributed by atoms with Crippen LogP contribution in [0.3, 0.4) is 0 Å². The van der Waals surface area contributed by atoms with E-state index in [1.54, 1.807) is 6.92 Å². The molecule has 1 aliphatic rings. The first kappa shape index (κ1) is 12.4. The number of aliphatic hydroxyl groups is 1. The summed E-state index contributed by atoms with van der Waals surface area (Å²) in [6, 6.07) is 0. The van der Waals surface area contributed by atoms with Gasteiger partial charge in [-0.1, -0.05) is 6.92 Å². The lowest BCUT2D eigenvalue weighted by Crippen LogP contribution is -2.43. The van der Waals surface area contributed by atoms with E-state index in [4.69, 9.17) is 4.74 Å². The largest absolute Gasteiger partial charge is 0.469 e. The minimum absolute atomic E-state index is 0.194. The van der Waals surface area contributed by atoms with E-state index >= 15 is 0 Å². The van der Waals surface area contributed by atoms with Gasteiger partial charge in [-0.15, -0.1) is 0 Å². The molecule has 0 aromatic heterocycles. The van der Waals surface area contributed by atoms with E-state index in [0.29, 0.717) is 32.7 Å². The van der Waals surface area contributed by atoms with Gasteiger partial charge in [0.1, 0.15) is 5.60 Å². The second kappa shape index (κ2) is 5.44. The molecule has 2 atom stereocenters. The van der Waals surface area contributed by atoms with Crippen LogP contribution in [0.4, 0.5) is 0 Å². The van der Waals surface area contributed by atoms with Crippen LogP contribution in [-0.4, -0.2) is 50.1 Å². The van der Waals surface area contributed by atoms with Crippen LogP contribution in [0.25, 0.3) is 0 Å². The van der Waals surface area contributed by atoms with E-state index < -0.39 is 5.60 Å². The number of carbonyl (C=O) groups is 1. The first-order chi connectivity index (χ1) is 7.07. The Bertz CT molecular complexity index is 213. The van der Waals surface area contributed by atoms with Gasteiger partial charge in [-0.3, -0.25) is 4.79 Å². The van der Waals surface area contributed by atoms with Crippen LogP contribution in [0.15, 0.2) is 0 Å². The van der Waals surface area contributed by atoms with Crippen LogP contribution >= 0.6 is 0 Å². The summed E-state index contributed by atoms with van der Waals surface area (Å²) in [4.78, 5) is 11.1. The molecule has 1 fully saturated rings. The van der Waals surface area contributed by atoms with Crippen molar-refractivity contribution >= 4 is 5.97 Å². The highest BCUT2D eigenvalue weighted by atomic mass is 16.5. The summed E-state index contributed by atoms with van der Waals surface area (Å²) in [5, 5.41) is 12.9. The quantitative estimate of drug-likeness (QED) is 0.610. The molecule has 0 saturated carbocycles. The Hall–Kier alpha value is -0.650. The van der Waals surface area contributed by atoms with Crippen LogP contribution < -0.4 is 5.32 Å². The Labute approximate surface area is 89.8 Å². The van der Waals surface area contributed by atoms with Crippen LogP contribution in [0.1, 0.15) is 13.3 Å². The predicted octanol–water partition coefficient (Wildman–Crippen LogP) is -0.463. The molecule has 5 nitrogen and oxygen atoms in total. The maximum absolute atomic E-state index is 11.1. The first-order valence-electron chi connectivity index (χ1n) is 5.16. The topological polar surface area (TPSA) is 67.8 Å². The molecular formula is C10H19NO4. The van der Waals surface area contributed by atoms with Gasteiger partial charge in [-0.25, -0.2) is 0 Å². The summed E-state index contributed by atoms with van der Waals surface area (Å²) in [6.45, 7) is 3.72. The van der Waals surface area contributed by atoms with Crippen molar-refractivity contribution in [1.29, 1.82) is 0 Å². The molecule has 15 heavy (non-hydrogen) atoms. The number of methoxy groups -OCH3 is 1. The maximum Gasteiger partial charge on any atom is 0.309 e. The van der Waals surface area contributed by atoms with Gasteiger partial charge in [0.15, 0.2) is 0 Å². The van der Waals surface area contributed by atoms with Crippen molar-refractivity contribution in [2.75, 3.05) is 33.4 Å². The molecule has 1 heterocycles.